The van der Waals surface area contributed by atoms with E-state index in [2.05, 4.69) is 5.32 Å². The third kappa shape index (κ3) is 4.13. The van der Waals surface area contributed by atoms with E-state index < -0.39 is 0 Å². The van der Waals surface area contributed by atoms with Gasteiger partial charge in [0.25, 0.3) is 0 Å². The first-order valence-corrected chi connectivity index (χ1v) is 8.17. The molecule has 2 aliphatic heterocycles. The molecule has 0 aromatic heterocycles. The molecule has 5 nitrogen and oxygen atoms in total. The minimum Gasteiger partial charge on any atom is -0.490 e. The van der Waals surface area contributed by atoms with Crippen molar-refractivity contribution in [3.8, 4) is 5.75 Å². The lowest BCUT2D eigenvalue weighted by Gasteiger charge is -2.32. The van der Waals surface area contributed by atoms with Crippen LogP contribution >= 0.6 is 0 Å². The first-order valence-electron chi connectivity index (χ1n) is 8.17. The number of para-hydroxylation sites is 1. The number of hydrogen-bond acceptors (Lipinski definition) is 3. The number of ether oxygens (including phenoxy) is 2. The number of hydrogen-bond donors (Lipinski definition) is 1. The van der Waals surface area contributed by atoms with Crippen LogP contribution in [0.3, 0.4) is 0 Å². The summed E-state index contributed by atoms with van der Waals surface area (Å²) in [4.78, 5) is 14.0. The zero-order valence-corrected chi connectivity index (χ0v) is 12.9. The second kappa shape index (κ2) is 7.49. The Morgan fingerprint density at radius 1 is 1.23 bits per heavy atom. The summed E-state index contributed by atoms with van der Waals surface area (Å²) in [5, 5.41) is 2.98. The molecular weight excluding hydrogens is 280 g/mol. The molecule has 1 aromatic carbocycles. The van der Waals surface area contributed by atoms with Crippen LogP contribution in [0, 0.1) is 0 Å². The average molecular weight is 304 g/mol. The summed E-state index contributed by atoms with van der Waals surface area (Å²) in [6.45, 7) is 2.94. The van der Waals surface area contributed by atoms with Gasteiger partial charge in [-0.25, -0.2) is 4.79 Å². The molecule has 0 unspecified atom stereocenters. The van der Waals surface area contributed by atoms with Crippen molar-refractivity contribution in [2.24, 2.45) is 0 Å². The van der Waals surface area contributed by atoms with E-state index in [1.807, 2.05) is 35.2 Å². The van der Waals surface area contributed by atoms with Gasteiger partial charge >= 0.3 is 6.03 Å². The number of piperidine rings is 1. The minimum absolute atomic E-state index is 0.0219. The SMILES string of the molecule is O=C(NC[C@@H]1CCCO1)N1CCC(Oc2ccccc2)CC1. The Hall–Kier alpha value is -1.75. The summed E-state index contributed by atoms with van der Waals surface area (Å²) in [5.41, 5.74) is 0. The van der Waals surface area contributed by atoms with Gasteiger partial charge in [-0.2, -0.15) is 0 Å². The maximum atomic E-state index is 12.1. The Labute approximate surface area is 131 Å². The predicted molar refractivity (Wildman–Crippen MR) is 84.0 cm³/mol. The van der Waals surface area contributed by atoms with Crippen LogP contribution in [0.4, 0.5) is 4.79 Å². The maximum absolute atomic E-state index is 12.1. The second-order valence-electron chi connectivity index (χ2n) is 5.94. The van der Waals surface area contributed by atoms with Crippen LogP contribution in [0.2, 0.25) is 0 Å². The molecule has 2 amide bonds. The topological polar surface area (TPSA) is 50.8 Å². The molecular formula is C17H24N2O3. The van der Waals surface area contributed by atoms with Gasteiger partial charge in [0.05, 0.1) is 6.10 Å². The van der Waals surface area contributed by atoms with Crippen LogP contribution in [0.1, 0.15) is 25.7 Å². The Balaban J connectivity index is 1.38. The third-order valence-electron chi connectivity index (χ3n) is 4.28. The molecule has 120 valence electrons. The van der Waals surface area contributed by atoms with Gasteiger partial charge in [0.15, 0.2) is 0 Å². The molecule has 22 heavy (non-hydrogen) atoms. The summed E-state index contributed by atoms with van der Waals surface area (Å²) in [6.07, 6.45) is 4.30. The molecule has 5 heteroatoms. The Bertz CT molecular complexity index is 466. The smallest absolute Gasteiger partial charge is 0.317 e. The van der Waals surface area contributed by atoms with E-state index >= 15 is 0 Å². The van der Waals surface area contributed by atoms with Gasteiger partial charge in [-0.05, 0) is 25.0 Å². The number of amides is 2. The van der Waals surface area contributed by atoms with Crippen LogP contribution in [-0.2, 0) is 4.74 Å². The molecule has 2 saturated heterocycles. The molecule has 2 fully saturated rings. The lowest BCUT2D eigenvalue weighted by atomic mass is 10.1. The summed E-state index contributed by atoms with van der Waals surface area (Å²) < 4.78 is 11.5. The molecule has 2 aliphatic rings. The summed E-state index contributed by atoms with van der Waals surface area (Å²) in [5.74, 6) is 0.906. The molecule has 1 N–H and O–H groups in total. The standard InChI is InChI=1S/C17H24N2O3/c20-17(18-13-16-7-4-12-21-16)19-10-8-15(9-11-19)22-14-5-2-1-3-6-14/h1-3,5-6,15-16H,4,7-13H2,(H,18,20)/t16-/m0/s1. The van der Waals surface area contributed by atoms with Crippen LogP contribution in [0.15, 0.2) is 30.3 Å². The normalized spacial score (nSPS) is 22.5. The largest absolute Gasteiger partial charge is 0.490 e. The van der Waals surface area contributed by atoms with Gasteiger partial charge < -0.3 is 19.7 Å². The fourth-order valence-electron chi connectivity index (χ4n) is 2.99. The van der Waals surface area contributed by atoms with Gasteiger partial charge in [0, 0.05) is 39.1 Å². The van der Waals surface area contributed by atoms with Gasteiger partial charge in [0.1, 0.15) is 11.9 Å². The van der Waals surface area contributed by atoms with E-state index in [-0.39, 0.29) is 18.2 Å². The fourth-order valence-corrected chi connectivity index (χ4v) is 2.99. The van der Waals surface area contributed by atoms with E-state index in [4.69, 9.17) is 9.47 Å². The summed E-state index contributed by atoms with van der Waals surface area (Å²) in [7, 11) is 0. The third-order valence-corrected chi connectivity index (χ3v) is 4.28. The highest BCUT2D eigenvalue weighted by Crippen LogP contribution is 2.18. The monoisotopic (exact) mass is 304 g/mol. The van der Waals surface area contributed by atoms with Crippen LogP contribution in [0.25, 0.3) is 0 Å². The minimum atomic E-state index is 0.0219. The number of nitrogens with zero attached hydrogens (tertiary/aromatic N) is 1. The number of urea groups is 1. The number of carbonyl (C=O) groups is 1. The molecule has 0 saturated carbocycles. The van der Waals surface area contributed by atoms with E-state index in [1.165, 1.54) is 0 Å². The van der Waals surface area contributed by atoms with E-state index in [0.29, 0.717) is 6.54 Å². The predicted octanol–water partition coefficient (Wildman–Crippen LogP) is 2.42. The van der Waals surface area contributed by atoms with Crippen molar-refractivity contribution < 1.29 is 14.3 Å². The second-order valence-corrected chi connectivity index (χ2v) is 5.94. The number of carbonyl (C=O) groups excluding carboxylic acids is 1. The van der Waals surface area contributed by atoms with Crippen LogP contribution < -0.4 is 10.1 Å². The Morgan fingerprint density at radius 3 is 2.68 bits per heavy atom. The van der Waals surface area contributed by atoms with Crippen molar-refractivity contribution in [3.05, 3.63) is 30.3 Å². The zero-order valence-electron chi connectivity index (χ0n) is 12.9. The quantitative estimate of drug-likeness (QED) is 0.929. The van der Waals surface area contributed by atoms with Gasteiger partial charge in [0.2, 0.25) is 0 Å². The first kappa shape index (κ1) is 15.2. The van der Waals surface area contributed by atoms with Crippen molar-refractivity contribution in [2.45, 2.75) is 37.9 Å². The molecule has 1 aromatic rings. The van der Waals surface area contributed by atoms with E-state index in [9.17, 15) is 4.79 Å². The fraction of sp³-hybridized carbons (Fsp3) is 0.588. The van der Waals surface area contributed by atoms with Crippen LogP contribution in [-0.4, -0.2) is 49.4 Å². The zero-order chi connectivity index (χ0) is 15.2. The number of benzene rings is 1. The molecule has 0 radical (unpaired) electrons. The number of likely N-dealkylation sites (tertiary alicyclic amines) is 1. The highest BCUT2D eigenvalue weighted by atomic mass is 16.5. The molecule has 0 spiro atoms. The average Bonchev–Trinajstić information content (AvgIpc) is 3.08. The molecule has 2 heterocycles. The van der Waals surface area contributed by atoms with E-state index in [1.54, 1.807) is 0 Å². The molecule has 3 rings (SSSR count). The van der Waals surface area contributed by atoms with Gasteiger partial charge in [-0.15, -0.1) is 0 Å². The highest BCUT2D eigenvalue weighted by Gasteiger charge is 2.24. The molecule has 1 atom stereocenters. The van der Waals surface area contributed by atoms with Crippen molar-refractivity contribution >= 4 is 6.03 Å². The Kier molecular flexibility index (Phi) is 5.16. The van der Waals surface area contributed by atoms with Crippen molar-refractivity contribution in [2.75, 3.05) is 26.2 Å². The van der Waals surface area contributed by atoms with Crippen LogP contribution in [0.5, 0.6) is 5.75 Å². The molecule has 0 bridgehead atoms. The summed E-state index contributed by atoms with van der Waals surface area (Å²) in [6, 6.07) is 9.90. The first-order chi connectivity index (χ1) is 10.8. The van der Waals surface area contributed by atoms with Gasteiger partial charge in [-0.1, -0.05) is 18.2 Å². The van der Waals surface area contributed by atoms with Gasteiger partial charge in [-0.3, -0.25) is 0 Å². The number of rotatable bonds is 4. The molecule has 0 aliphatic carbocycles. The maximum Gasteiger partial charge on any atom is 0.317 e. The van der Waals surface area contributed by atoms with Crippen molar-refractivity contribution in [1.29, 1.82) is 0 Å². The Morgan fingerprint density at radius 2 is 2.00 bits per heavy atom. The van der Waals surface area contributed by atoms with Crippen molar-refractivity contribution in [3.63, 3.8) is 0 Å². The lowest BCUT2D eigenvalue weighted by molar-refractivity contribution is 0.0978. The van der Waals surface area contributed by atoms with E-state index in [0.717, 1.165) is 51.1 Å². The number of nitrogens with one attached hydrogen (secondary N) is 1. The lowest BCUT2D eigenvalue weighted by Crippen LogP contribution is -2.47. The summed E-state index contributed by atoms with van der Waals surface area (Å²) >= 11 is 0. The van der Waals surface area contributed by atoms with Crippen molar-refractivity contribution in [1.82, 2.24) is 10.2 Å². The highest BCUT2D eigenvalue weighted by molar-refractivity contribution is 5.74.